The summed E-state index contributed by atoms with van der Waals surface area (Å²) in [6.07, 6.45) is 0. The van der Waals surface area contributed by atoms with Gasteiger partial charge in [0.25, 0.3) is 10.0 Å². The minimum absolute atomic E-state index is 0.0489. The SMILES string of the molecule is COc1cccc(N(CC(=O)N(Cc2cccc(Br)c2)C(C)C(=O)NC(C)C)S(=O)(=O)c2ccc(C)cc2)c1. The van der Waals surface area contributed by atoms with Gasteiger partial charge in [-0.05, 0) is 69.7 Å². The number of amides is 2. The van der Waals surface area contributed by atoms with Gasteiger partial charge in [-0.1, -0.05) is 51.8 Å². The minimum atomic E-state index is -4.15. The first-order chi connectivity index (χ1) is 18.4. The van der Waals surface area contributed by atoms with Gasteiger partial charge < -0.3 is 15.0 Å². The van der Waals surface area contributed by atoms with Crippen molar-refractivity contribution in [1.29, 1.82) is 0 Å². The zero-order chi connectivity index (χ0) is 28.7. The van der Waals surface area contributed by atoms with E-state index in [0.29, 0.717) is 5.75 Å². The van der Waals surface area contributed by atoms with E-state index in [4.69, 9.17) is 4.74 Å². The zero-order valence-electron chi connectivity index (χ0n) is 22.7. The number of halogens is 1. The summed E-state index contributed by atoms with van der Waals surface area (Å²) in [6.45, 7) is 6.77. The number of methoxy groups -OCH3 is 1. The molecule has 2 amide bonds. The lowest BCUT2D eigenvalue weighted by atomic mass is 10.1. The Morgan fingerprint density at radius 3 is 2.26 bits per heavy atom. The number of ether oxygens (including phenoxy) is 1. The van der Waals surface area contributed by atoms with Crippen molar-refractivity contribution in [3.63, 3.8) is 0 Å². The highest BCUT2D eigenvalue weighted by Crippen LogP contribution is 2.28. The molecule has 3 aromatic carbocycles. The first-order valence-electron chi connectivity index (χ1n) is 12.5. The van der Waals surface area contributed by atoms with Gasteiger partial charge >= 0.3 is 0 Å². The van der Waals surface area contributed by atoms with E-state index in [1.165, 1.54) is 24.1 Å². The van der Waals surface area contributed by atoms with Crippen LogP contribution in [-0.4, -0.2) is 50.9 Å². The van der Waals surface area contributed by atoms with Gasteiger partial charge in [-0.15, -0.1) is 0 Å². The quantitative estimate of drug-likeness (QED) is 0.331. The van der Waals surface area contributed by atoms with Crippen LogP contribution in [0.5, 0.6) is 5.75 Å². The van der Waals surface area contributed by atoms with E-state index in [-0.39, 0.29) is 29.1 Å². The highest BCUT2D eigenvalue weighted by atomic mass is 79.9. The second kappa shape index (κ2) is 13.1. The van der Waals surface area contributed by atoms with Crippen LogP contribution in [0.2, 0.25) is 0 Å². The Morgan fingerprint density at radius 2 is 1.64 bits per heavy atom. The van der Waals surface area contributed by atoms with Gasteiger partial charge in [0.1, 0.15) is 18.3 Å². The number of benzene rings is 3. The highest BCUT2D eigenvalue weighted by Gasteiger charge is 2.32. The van der Waals surface area contributed by atoms with Crippen molar-refractivity contribution in [2.24, 2.45) is 0 Å². The van der Waals surface area contributed by atoms with Gasteiger partial charge in [0.05, 0.1) is 17.7 Å². The summed E-state index contributed by atoms with van der Waals surface area (Å²) in [5, 5.41) is 2.85. The highest BCUT2D eigenvalue weighted by molar-refractivity contribution is 9.10. The first-order valence-corrected chi connectivity index (χ1v) is 14.7. The van der Waals surface area contributed by atoms with Crippen LogP contribution in [0.1, 0.15) is 31.9 Å². The fourth-order valence-corrected chi connectivity index (χ4v) is 5.80. The largest absolute Gasteiger partial charge is 0.497 e. The van der Waals surface area contributed by atoms with Crippen molar-refractivity contribution in [3.05, 3.63) is 88.4 Å². The number of nitrogens with one attached hydrogen (secondary N) is 1. The molecule has 0 radical (unpaired) electrons. The molecule has 8 nitrogen and oxygen atoms in total. The summed E-state index contributed by atoms with van der Waals surface area (Å²) in [5.41, 5.74) is 1.96. The lowest BCUT2D eigenvalue weighted by Crippen LogP contribution is -2.52. The number of hydrogen-bond acceptors (Lipinski definition) is 5. The second-order valence-electron chi connectivity index (χ2n) is 9.52. The predicted molar refractivity (Wildman–Crippen MR) is 156 cm³/mol. The molecule has 0 bridgehead atoms. The Hall–Kier alpha value is -3.37. The van der Waals surface area contributed by atoms with Crippen LogP contribution < -0.4 is 14.4 Å². The van der Waals surface area contributed by atoms with Crippen molar-refractivity contribution < 1.29 is 22.7 Å². The maximum absolute atomic E-state index is 13.9. The Labute approximate surface area is 239 Å². The molecule has 39 heavy (non-hydrogen) atoms. The van der Waals surface area contributed by atoms with E-state index in [2.05, 4.69) is 21.2 Å². The smallest absolute Gasteiger partial charge is 0.264 e. The molecule has 0 fully saturated rings. The number of sulfonamides is 1. The molecular weight excluding hydrogens is 582 g/mol. The lowest BCUT2D eigenvalue weighted by molar-refractivity contribution is -0.139. The number of nitrogens with zero attached hydrogens (tertiary/aromatic N) is 2. The second-order valence-corrected chi connectivity index (χ2v) is 12.3. The van der Waals surface area contributed by atoms with Crippen LogP contribution in [-0.2, 0) is 26.2 Å². The standard InChI is InChI=1S/C29H34BrN3O5S/c1-20(2)31-29(35)22(4)32(18-23-8-6-9-24(30)16-23)28(34)19-33(25-10-7-11-26(17-25)38-5)39(36,37)27-14-12-21(3)13-15-27/h6-17,20,22H,18-19H2,1-5H3,(H,31,35). The van der Waals surface area contributed by atoms with Crippen LogP contribution >= 0.6 is 15.9 Å². The van der Waals surface area contributed by atoms with E-state index in [9.17, 15) is 18.0 Å². The van der Waals surface area contributed by atoms with Crippen molar-refractivity contribution in [1.82, 2.24) is 10.2 Å². The predicted octanol–water partition coefficient (Wildman–Crippen LogP) is 4.90. The molecule has 0 aliphatic carbocycles. The average molecular weight is 617 g/mol. The molecule has 10 heteroatoms. The molecule has 3 rings (SSSR count). The van der Waals surface area contributed by atoms with Gasteiger partial charge in [-0.3, -0.25) is 13.9 Å². The number of hydrogen-bond donors (Lipinski definition) is 1. The van der Waals surface area contributed by atoms with Gasteiger partial charge in [0.2, 0.25) is 11.8 Å². The molecular formula is C29H34BrN3O5S. The van der Waals surface area contributed by atoms with E-state index in [1.807, 2.05) is 45.0 Å². The van der Waals surface area contributed by atoms with Crippen molar-refractivity contribution in [2.45, 2.75) is 51.2 Å². The Morgan fingerprint density at radius 1 is 0.974 bits per heavy atom. The topological polar surface area (TPSA) is 96.0 Å². The summed E-state index contributed by atoms with van der Waals surface area (Å²) in [5.74, 6) is -0.415. The molecule has 1 atom stereocenters. The molecule has 0 aliphatic heterocycles. The fraction of sp³-hybridized carbons (Fsp3) is 0.310. The van der Waals surface area contributed by atoms with Crippen LogP contribution in [0.4, 0.5) is 5.69 Å². The Kier molecular flexibility index (Phi) is 10.2. The molecule has 0 aliphatic rings. The normalized spacial score (nSPS) is 12.1. The van der Waals surface area contributed by atoms with E-state index in [1.54, 1.807) is 43.3 Å². The number of rotatable bonds is 11. The summed E-state index contributed by atoms with van der Waals surface area (Å²) in [4.78, 5) is 28.4. The molecule has 0 spiro atoms. The third kappa shape index (κ3) is 7.83. The van der Waals surface area contributed by atoms with E-state index < -0.39 is 28.5 Å². The fourth-order valence-electron chi connectivity index (χ4n) is 3.95. The van der Waals surface area contributed by atoms with Crippen LogP contribution in [0.25, 0.3) is 0 Å². The van der Waals surface area contributed by atoms with Crippen molar-refractivity contribution >= 4 is 43.5 Å². The Bertz CT molecular complexity index is 1410. The van der Waals surface area contributed by atoms with Gasteiger partial charge in [0.15, 0.2) is 0 Å². The summed E-state index contributed by atoms with van der Waals surface area (Å²) in [7, 11) is -2.66. The monoisotopic (exact) mass is 615 g/mol. The molecule has 3 aromatic rings. The van der Waals surface area contributed by atoms with E-state index in [0.717, 1.165) is 19.9 Å². The van der Waals surface area contributed by atoms with Crippen LogP contribution in [0.15, 0.2) is 82.2 Å². The van der Waals surface area contributed by atoms with Gasteiger partial charge in [-0.2, -0.15) is 0 Å². The first kappa shape index (κ1) is 30.2. The molecule has 208 valence electrons. The minimum Gasteiger partial charge on any atom is -0.497 e. The Balaban J connectivity index is 2.05. The van der Waals surface area contributed by atoms with Crippen molar-refractivity contribution in [2.75, 3.05) is 18.0 Å². The summed E-state index contributed by atoms with van der Waals surface area (Å²) < 4.78 is 35.0. The number of aryl methyl sites for hydroxylation is 1. The maximum atomic E-state index is 13.9. The molecule has 0 heterocycles. The summed E-state index contributed by atoms with van der Waals surface area (Å²) >= 11 is 3.45. The van der Waals surface area contributed by atoms with Crippen LogP contribution in [0.3, 0.4) is 0 Å². The third-order valence-electron chi connectivity index (χ3n) is 6.07. The lowest BCUT2D eigenvalue weighted by Gasteiger charge is -2.32. The van der Waals surface area contributed by atoms with Crippen LogP contribution in [0, 0.1) is 6.92 Å². The van der Waals surface area contributed by atoms with E-state index >= 15 is 0 Å². The number of carbonyl (C=O) groups is 2. The third-order valence-corrected chi connectivity index (χ3v) is 8.35. The molecule has 1 unspecified atom stereocenters. The van der Waals surface area contributed by atoms with Gasteiger partial charge in [0, 0.05) is 23.1 Å². The molecule has 0 aromatic heterocycles. The molecule has 1 N–H and O–H groups in total. The van der Waals surface area contributed by atoms with Gasteiger partial charge in [-0.25, -0.2) is 8.42 Å². The number of anilines is 1. The molecule has 0 saturated heterocycles. The average Bonchev–Trinajstić information content (AvgIpc) is 2.89. The summed E-state index contributed by atoms with van der Waals surface area (Å²) in [6, 6.07) is 19.4. The maximum Gasteiger partial charge on any atom is 0.264 e. The number of carbonyl (C=O) groups excluding carboxylic acids is 2. The van der Waals surface area contributed by atoms with Crippen molar-refractivity contribution in [3.8, 4) is 5.75 Å². The zero-order valence-corrected chi connectivity index (χ0v) is 25.1. The molecule has 0 saturated carbocycles.